The van der Waals surface area contributed by atoms with E-state index in [9.17, 15) is 14.4 Å². The number of carbonyl (C=O) groups is 1. The molecule has 5 rings (SSSR count). The Kier molecular flexibility index (Phi) is 27.2. The molecule has 3 aromatic rings. The molecule has 18 nitrogen and oxygen atoms in total. The number of benzene rings is 1. The Hall–Kier alpha value is -3.82. The summed E-state index contributed by atoms with van der Waals surface area (Å²) in [6.07, 6.45) is 14.4. The van der Waals surface area contributed by atoms with Crippen molar-refractivity contribution < 1.29 is 56.9 Å². The van der Waals surface area contributed by atoms with Crippen molar-refractivity contribution in [1.82, 2.24) is 19.1 Å². The van der Waals surface area contributed by atoms with Crippen molar-refractivity contribution in [3.63, 3.8) is 0 Å². The number of imidazole rings is 1. The van der Waals surface area contributed by atoms with E-state index in [-0.39, 0.29) is 24.5 Å². The Labute approximate surface area is 394 Å². The standard InChI is InChI=1S/C49H76N4O14/c1-57-18-19-58-20-21-59-22-23-60-24-25-61-26-27-62-28-29-63-30-31-64-32-33-65-34-35-66-36-37-67-44(54)17-14-40-12-15-43(16-13-40)46-50-45-47(51-46)52(38-41-8-4-2-5-9-41)49(56)53(48(45)55)39-42-10-6-3-7-11-42/h12-17,41-42H,2-11,18-39H2,1H3,(H,50,51)/b17-14+. The van der Waals surface area contributed by atoms with E-state index in [1.54, 1.807) is 17.8 Å². The Morgan fingerprint density at radius 2 is 0.970 bits per heavy atom. The molecule has 2 saturated carbocycles. The maximum absolute atomic E-state index is 13.9. The number of esters is 1. The molecule has 2 heterocycles. The summed E-state index contributed by atoms with van der Waals surface area (Å²) in [7, 11) is 1.64. The minimum Gasteiger partial charge on any atom is -0.460 e. The van der Waals surface area contributed by atoms with Gasteiger partial charge in [-0.2, -0.15) is 0 Å². The van der Waals surface area contributed by atoms with E-state index >= 15 is 0 Å². The van der Waals surface area contributed by atoms with Crippen LogP contribution in [0.4, 0.5) is 0 Å². The van der Waals surface area contributed by atoms with Gasteiger partial charge >= 0.3 is 11.7 Å². The van der Waals surface area contributed by atoms with Crippen LogP contribution in [0.15, 0.2) is 39.9 Å². The van der Waals surface area contributed by atoms with Gasteiger partial charge in [-0.15, -0.1) is 0 Å². The molecule has 2 aromatic heterocycles. The molecule has 0 spiro atoms. The molecule has 67 heavy (non-hydrogen) atoms. The lowest BCUT2D eigenvalue weighted by Gasteiger charge is -2.24. The largest absolute Gasteiger partial charge is 0.460 e. The summed E-state index contributed by atoms with van der Waals surface area (Å²) in [5.74, 6) is 0.783. The van der Waals surface area contributed by atoms with Crippen molar-refractivity contribution in [2.75, 3.05) is 139 Å². The highest BCUT2D eigenvalue weighted by molar-refractivity contribution is 5.87. The second-order valence-corrected chi connectivity index (χ2v) is 16.7. The van der Waals surface area contributed by atoms with Gasteiger partial charge in [-0.1, -0.05) is 62.8 Å². The highest BCUT2D eigenvalue weighted by atomic mass is 16.6. The lowest BCUT2D eigenvalue weighted by atomic mass is 9.89. The molecule has 2 aliphatic rings. The molecule has 0 amide bonds. The monoisotopic (exact) mass is 945 g/mol. The van der Waals surface area contributed by atoms with Gasteiger partial charge in [0, 0.05) is 31.8 Å². The summed E-state index contributed by atoms with van der Waals surface area (Å²) in [4.78, 5) is 48.2. The molecule has 0 radical (unpaired) electrons. The number of fused-ring (bicyclic) bond motifs is 1. The Balaban J connectivity index is 0.853. The zero-order chi connectivity index (χ0) is 47.0. The van der Waals surface area contributed by atoms with Crippen molar-refractivity contribution in [3.8, 4) is 11.4 Å². The quantitative estimate of drug-likeness (QED) is 0.0458. The van der Waals surface area contributed by atoms with Gasteiger partial charge < -0.3 is 57.1 Å². The van der Waals surface area contributed by atoms with E-state index in [0.29, 0.717) is 161 Å². The van der Waals surface area contributed by atoms with Crippen molar-refractivity contribution in [2.24, 2.45) is 11.8 Å². The highest BCUT2D eigenvalue weighted by Gasteiger charge is 2.24. The summed E-state index contributed by atoms with van der Waals surface area (Å²) < 4.78 is 62.6. The number of rotatable bonds is 37. The third-order valence-corrected chi connectivity index (χ3v) is 11.7. The lowest BCUT2D eigenvalue weighted by Crippen LogP contribution is -2.42. The molecular formula is C49H76N4O14. The number of ether oxygens (including phenoxy) is 11. The molecule has 2 aliphatic carbocycles. The number of nitrogens with one attached hydrogen (secondary N) is 1. The molecule has 0 saturated heterocycles. The minimum atomic E-state index is -0.479. The van der Waals surface area contributed by atoms with Gasteiger partial charge in [-0.25, -0.2) is 14.6 Å². The predicted molar refractivity (Wildman–Crippen MR) is 252 cm³/mol. The van der Waals surface area contributed by atoms with Crippen LogP contribution < -0.4 is 11.2 Å². The molecule has 376 valence electrons. The number of aromatic nitrogens is 4. The van der Waals surface area contributed by atoms with E-state index in [1.165, 1.54) is 36.3 Å². The molecule has 0 aliphatic heterocycles. The number of hydrogen-bond acceptors (Lipinski definition) is 15. The second kappa shape index (κ2) is 33.6. The number of carbonyl (C=O) groups excluding carboxylic acids is 1. The first-order chi connectivity index (χ1) is 33.0. The van der Waals surface area contributed by atoms with Crippen LogP contribution in [0.5, 0.6) is 0 Å². The summed E-state index contributed by atoms with van der Waals surface area (Å²) in [6.45, 7) is 10.1. The van der Waals surface area contributed by atoms with Crippen LogP contribution in [0, 0.1) is 11.8 Å². The average Bonchev–Trinajstić information content (AvgIpc) is 3.81. The van der Waals surface area contributed by atoms with Gasteiger partial charge in [-0.05, 0) is 49.2 Å². The number of methoxy groups -OCH3 is 1. The molecular weight excluding hydrogens is 869 g/mol. The minimum absolute atomic E-state index is 0.116. The van der Waals surface area contributed by atoms with Crippen LogP contribution in [0.2, 0.25) is 0 Å². The van der Waals surface area contributed by atoms with Crippen molar-refractivity contribution >= 4 is 23.2 Å². The van der Waals surface area contributed by atoms with Crippen LogP contribution in [0.1, 0.15) is 69.8 Å². The maximum Gasteiger partial charge on any atom is 0.332 e. The maximum atomic E-state index is 13.9. The molecule has 1 N–H and O–H groups in total. The predicted octanol–water partition coefficient (Wildman–Crippen LogP) is 5.07. The Morgan fingerprint density at radius 1 is 0.567 bits per heavy atom. The molecule has 0 unspecified atom stereocenters. The molecule has 2 fully saturated rings. The number of aromatic amines is 1. The summed E-state index contributed by atoms with van der Waals surface area (Å²) in [5.41, 5.74) is 1.81. The first-order valence-corrected chi connectivity index (χ1v) is 24.4. The van der Waals surface area contributed by atoms with E-state index < -0.39 is 5.97 Å². The van der Waals surface area contributed by atoms with Crippen molar-refractivity contribution in [2.45, 2.75) is 77.3 Å². The van der Waals surface area contributed by atoms with E-state index in [0.717, 1.165) is 49.7 Å². The Bertz CT molecular complexity index is 1920. The van der Waals surface area contributed by atoms with Crippen LogP contribution >= 0.6 is 0 Å². The average molecular weight is 945 g/mol. The number of nitrogens with zero attached hydrogens (tertiary/aromatic N) is 3. The van der Waals surface area contributed by atoms with Crippen molar-refractivity contribution in [3.05, 3.63) is 56.7 Å². The topological polar surface area (TPSA) is 191 Å². The zero-order valence-electron chi connectivity index (χ0n) is 39.8. The Morgan fingerprint density at radius 3 is 1.40 bits per heavy atom. The van der Waals surface area contributed by atoms with Gasteiger partial charge in [0.1, 0.15) is 18.1 Å². The summed E-state index contributed by atoms with van der Waals surface area (Å²) in [6, 6.07) is 7.49. The molecule has 0 bridgehead atoms. The smallest absolute Gasteiger partial charge is 0.332 e. The zero-order valence-corrected chi connectivity index (χ0v) is 39.8. The van der Waals surface area contributed by atoms with E-state index in [1.807, 2.05) is 24.3 Å². The molecule has 18 heteroatoms. The van der Waals surface area contributed by atoms with Crippen LogP contribution in [-0.4, -0.2) is 164 Å². The number of H-pyrrole nitrogens is 1. The molecule has 1 aromatic carbocycles. The van der Waals surface area contributed by atoms with Gasteiger partial charge in [-0.3, -0.25) is 13.9 Å². The third-order valence-electron chi connectivity index (χ3n) is 11.7. The first-order valence-electron chi connectivity index (χ1n) is 24.4. The van der Waals surface area contributed by atoms with Gasteiger partial charge in [0.15, 0.2) is 5.52 Å². The number of hydrogen-bond donors (Lipinski definition) is 1. The first kappa shape index (κ1) is 54.1. The second-order valence-electron chi connectivity index (χ2n) is 16.7. The summed E-state index contributed by atoms with van der Waals surface area (Å²) >= 11 is 0. The fourth-order valence-corrected chi connectivity index (χ4v) is 8.06. The fourth-order valence-electron chi connectivity index (χ4n) is 8.06. The van der Waals surface area contributed by atoms with Gasteiger partial charge in [0.2, 0.25) is 0 Å². The van der Waals surface area contributed by atoms with Crippen LogP contribution in [0.25, 0.3) is 28.6 Å². The fraction of sp³-hybridized carbons (Fsp3) is 0.714. The normalized spacial score (nSPS) is 15.1. The van der Waals surface area contributed by atoms with Crippen molar-refractivity contribution in [1.29, 1.82) is 0 Å². The van der Waals surface area contributed by atoms with Crippen LogP contribution in [-0.2, 0) is 70.0 Å². The highest BCUT2D eigenvalue weighted by Crippen LogP contribution is 2.27. The van der Waals surface area contributed by atoms with Gasteiger partial charge in [0.25, 0.3) is 5.56 Å². The van der Waals surface area contributed by atoms with Crippen LogP contribution in [0.3, 0.4) is 0 Å². The third kappa shape index (κ3) is 21.2. The summed E-state index contributed by atoms with van der Waals surface area (Å²) in [5, 5.41) is 0. The van der Waals surface area contributed by atoms with E-state index in [2.05, 4.69) is 4.98 Å². The SMILES string of the molecule is COCCOCCOCCOCCOCCOCCOCCOCCOCCOCCOC(=O)/C=C/c1ccc(-c2nc3c(=O)n(CC4CCCCC4)c(=O)n(CC4CCCCC4)c3[nH]2)cc1. The van der Waals surface area contributed by atoms with Gasteiger partial charge in [0.05, 0.1) is 126 Å². The van der Waals surface area contributed by atoms with E-state index in [4.69, 9.17) is 57.1 Å². The lowest BCUT2D eigenvalue weighted by molar-refractivity contribution is -0.139. The molecule has 0 atom stereocenters.